The third-order valence-electron chi connectivity index (χ3n) is 4.96. The number of fused-ring (bicyclic) bond motifs is 1. The summed E-state index contributed by atoms with van der Waals surface area (Å²) in [5.41, 5.74) is 1.00. The standard InChI is InChI=1S/C20H25BNO7/c1-2-17(23)22-16-11-13-7-6-10-15(18(13)29-21-16)19(24)26-12-27-20(25)28-14-8-4-3-5-9-14/h6-7,10,14,16H,2-5,8-9,11-12H2,1H3,(H,22,23). The van der Waals surface area contributed by atoms with Crippen LogP contribution in [-0.4, -0.2) is 44.4 Å². The highest BCUT2D eigenvalue weighted by Gasteiger charge is 2.28. The number of amides is 1. The van der Waals surface area contributed by atoms with Crippen LogP contribution < -0.4 is 9.97 Å². The lowest BCUT2D eigenvalue weighted by atomic mass is 9.79. The van der Waals surface area contributed by atoms with Gasteiger partial charge < -0.3 is 24.2 Å². The van der Waals surface area contributed by atoms with Gasteiger partial charge in [-0.15, -0.1) is 0 Å². The van der Waals surface area contributed by atoms with Crippen LogP contribution in [0.25, 0.3) is 0 Å². The van der Waals surface area contributed by atoms with Crippen LogP contribution in [0, 0.1) is 0 Å². The third kappa shape index (κ3) is 5.89. The van der Waals surface area contributed by atoms with Gasteiger partial charge in [-0.1, -0.05) is 25.5 Å². The molecule has 9 heteroatoms. The first kappa shape index (κ1) is 21.0. The molecule has 1 aromatic carbocycles. The highest BCUT2D eigenvalue weighted by molar-refractivity contribution is 6.32. The number of benzene rings is 1. The molecule has 0 aromatic heterocycles. The zero-order valence-corrected chi connectivity index (χ0v) is 16.5. The predicted molar refractivity (Wildman–Crippen MR) is 103 cm³/mol. The van der Waals surface area contributed by atoms with Crippen LogP contribution in [0.5, 0.6) is 5.75 Å². The summed E-state index contributed by atoms with van der Waals surface area (Å²) in [5.74, 6) is -0.633. The Kier molecular flexibility index (Phi) is 7.38. The van der Waals surface area contributed by atoms with E-state index in [9.17, 15) is 14.4 Å². The van der Waals surface area contributed by atoms with Crippen LogP contribution in [0.2, 0.25) is 0 Å². The summed E-state index contributed by atoms with van der Waals surface area (Å²) in [7, 11) is 1.49. The van der Waals surface area contributed by atoms with Gasteiger partial charge in [-0.2, -0.15) is 0 Å². The molecule has 1 aromatic rings. The molecule has 155 valence electrons. The number of carbonyl (C=O) groups is 3. The number of hydrogen-bond donors (Lipinski definition) is 1. The second kappa shape index (κ2) is 10.2. The van der Waals surface area contributed by atoms with Crippen molar-refractivity contribution in [3.05, 3.63) is 29.3 Å². The third-order valence-corrected chi connectivity index (χ3v) is 4.96. The van der Waals surface area contributed by atoms with E-state index in [1.54, 1.807) is 19.1 Å². The van der Waals surface area contributed by atoms with Crippen molar-refractivity contribution in [2.45, 2.75) is 63.9 Å². The van der Waals surface area contributed by atoms with Gasteiger partial charge in [0, 0.05) is 12.4 Å². The molecule has 1 fully saturated rings. The Morgan fingerprint density at radius 2 is 1.97 bits per heavy atom. The molecule has 1 aliphatic heterocycles. The minimum atomic E-state index is -0.834. The number of hydrogen-bond acceptors (Lipinski definition) is 7. The van der Waals surface area contributed by atoms with E-state index in [0.29, 0.717) is 18.6 Å². The van der Waals surface area contributed by atoms with Gasteiger partial charge in [0.05, 0.1) is 0 Å². The van der Waals surface area contributed by atoms with Crippen LogP contribution in [0.3, 0.4) is 0 Å². The topological polar surface area (TPSA) is 100 Å². The van der Waals surface area contributed by atoms with E-state index in [-0.39, 0.29) is 23.5 Å². The Balaban J connectivity index is 1.49. The zero-order chi connectivity index (χ0) is 20.6. The summed E-state index contributed by atoms with van der Waals surface area (Å²) in [4.78, 5) is 35.6. The monoisotopic (exact) mass is 402 g/mol. The minimum absolute atomic E-state index is 0.0777. The van der Waals surface area contributed by atoms with Crippen molar-refractivity contribution >= 4 is 25.5 Å². The number of carbonyl (C=O) groups excluding carboxylic acids is 3. The van der Waals surface area contributed by atoms with Gasteiger partial charge in [0.2, 0.25) is 12.7 Å². The van der Waals surface area contributed by atoms with Gasteiger partial charge in [-0.05, 0) is 43.7 Å². The lowest BCUT2D eigenvalue weighted by Gasteiger charge is -2.26. The van der Waals surface area contributed by atoms with Crippen molar-refractivity contribution in [2.24, 2.45) is 0 Å². The fourth-order valence-electron chi connectivity index (χ4n) is 3.44. The molecule has 1 amide bonds. The van der Waals surface area contributed by atoms with E-state index in [1.165, 1.54) is 7.48 Å². The van der Waals surface area contributed by atoms with E-state index in [0.717, 1.165) is 37.7 Å². The zero-order valence-electron chi connectivity index (χ0n) is 16.5. The molecule has 1 radical (unpaired) electrons. The summed E-state index contributed by atoms with van der Waals surface area (Å²) >= 11 is 0. The van der Waals surface area contributed by atoms with E-state index in [2.05, 4.69) is 5.32 Å². The average Bonchev–Trinajstić information content (AvgIpc) is 2.73. The molecule has 1 atom stereocenters. The van der Waals surface area contributed by atoms with Crippen molar-refractivity contribution in [3.8, 4) is 5.75 Å². The van der Waals surface area contributed by atoms with Crippen molar-refractivity contribution in [2.75, 3.05) is 6.79 Å². The highest BCUT2D eigenvalue weighted by Crippen LogP contribution is 2.29. The maximum atomic E-state index is 12.4. The number of esters is 1. The molecule has 1 unspecified atom stereocenters. The highest BCUT2D eigenvalue weighted by atomic mass is 16.8. The molecular weight excluding hydrogens is 377 g/mol. The molecule has 2 aliphatic rings. The molecule has 29 heavy (non-hydrogen) atoms. The first-order valence-corrected chi connectivity index (χ1v) is 9.98. The SMILES string of the molecule is CCC(=O)NC1[B]Oc2c(cccc2C(=O)OCOC(=O)OC2CCCCC2)C1. The molecule has 1 aliphatic carbocycles. The van der Waals surface area contributed by atoms with Crippen molar-refractivity contribution < 1.29 is 33.2 Å². The van der Waals surface area contributed by atoms with E-state index in [4.69, 9.17) is 18.9 Å². The Morgan fingerprint density at radius 1 is 1.17 bits per heavy atom. The molecule has 3 rings (SSSR count). The van der Waals surface area contributed by atoms with Crippen molar-refractivity contribution in [1.82, 2.24) is 5.32 Å². The molecule has 0 spiro atoms. The lowest BCUT2D eigenvalue weighted by Crippen LogP contribution is -2.45. The van der Waals surface area contributed by atoms with Gasteiger partial charge in [0.1, 0.15) is 17.4 Å². The number of nitrogens with one attached hydrogen (secondary N) is 1. The summed E-state index contributed by atoms with van der Waals surface area (Å²) in [5, 5.41) is 2.83. The Labute approximate surface area is 170 Å². The first-order valence-electron chi connectivity index (χ1n) is 9.98. The normalized spacial score (nSPS) is 18.4. The van der Waals surface area contributed by atoms with Crippen molar-refractivity contribution in [1.29, 1.82) is 0 Å². The summed E-state index contributed by atoms with van der Waals surface area (Å²) < 4.78 is 20.7. The van der Waals surface area contributed by atoms with E-state index < -0.39 is 18.9 Å². The second-order valence-electron chi connectivity index (χ2n) is 7.10. The van der Waals surface area contributed by atoms with Crippen LogP contribution in [0.4, 0.5) is 4.79 Å². The van der Waals surface area contributed by atoms with Crippen molar-refractivity contribution in [3.63, 3.8) is 0 Å². The molecule has 8 nitrogen and oxygen atoms in total. The quantitative estimate of drug-likeness (QED) is 0.444. The van der Waals surface area contributed by atoms with Gasteiger partial charge in [-0.3, -0.25) is 4.79 Å². The molecule has 1 N–H and O–H groups in total. The smallest absolute Gasteiger partial charge is 0.511 e. The van der Waals surface area contributed by atoms with Crippen LogP contribution in [0.1, 0.15) is 61.4 Å². The minimum Gasteiger partial charge on any atom is -0.560 e. The Morgan fingerprint density at radius 3 is 2.72 bits per heavy atom. The van der Waals surface area contributed by atoms with E-state index in [1.807, 2.05) is 6.07 Å². The molecular formula is C20H25BNO7. The maximum absolute atomic E-state index is 12.4. The number of para-hydroxylation sites is 1. The summed E-state index contributed by atoms with van der Waals surface area (Å²) in [6.07, 6.45) is 4.81. The van der Waals surface area contributed by atoms with Crippen LogP contribution >= 0.6 is 0 Å². The summed E-state index contributed by atoms with van der Waals surface area (Å²) in [6.45, 7) is 1.24. The van der Waals surface area contributed by atoms with Gasteiger partial charge in [0.25, 0.3) is 0 Å². The Bertz CT molecular complexity index is 748. The molecule has 1 saturated carbocycles. The molecule has 0 bridgehead atoms. The van der Waals surface area contributed by atoms with Gasteiger partial charge in [0.15, 0.2) is 0 Å². The average molecular weight is 402 g/mol. The van der Waals surface area contributed by atoms with Gasteiger partial charge >= 0.3 is 19.6 Å². The maximum Gasteiger partial charge on any atom is 0.511 e. The van der Waals surface area contributed by atoms with Crippen LogP contribution in [0.15, 0.2) is 18.2 Å². The Hall–Kier alpha value is -2.71. The lowest BCUT2D eigenvalue weighted by molar-refractivity contribution is -0.121. The fraction of sp³-hybridized carbons (Fsp3) is 0.550. The second-order valence-corrected chi connectivity index (χ2v) is 7.10. The predicted octanol–water partition coefficient (Wildman–Crippen LogP) is 2.69. The molecule has 1 heterocycles. The fourth-order valence-corrected chi connectivity index (χ4v) is 3.44. The first-order chi connectivity index (χ1) is 14.1. The molecule has 0 saturated heterocycles. The van der Waals surface area contributed by atoms with Gasteiger partial charge in [-0.25, -0.2) is 9.59 Å². The largest absolute Gasteiger partial charge is 0.560 e. The summed E-state index contributed by atoms with van der Waals surface area (Å²) in [6, 6.07) is 5.10. The number of rotatable bonds is 6. The number of ether oxygens (including phenoxy) is 3. The van der Waals surface area contributed by atoms with Crippen LogP contribution in [-0.2, 0) is 25.4 Å². The van der Waals surface area contributed by atoms with E-state index >= 15 is 0 Å².